The maximum Gasteiger partial charge on any atom is 0.303 e. The molecule has 1 aromatic carbocycles. The van der Waals surface area contributed by atoms with E-state index < -0.39 is 4.92 Å². The van der Waals surface area contributed by atoms with E-state index in [2.05, 4.69) is 0 Å². The Morgan fingerprint density at radius 3 is 2.61 bits per heavy atom. The summed E-state index contributed by atoms with van der Waals surface area (Å²) in [6, 6.07) is 4.84. The third-order valence-corrected chi connectivity index (χ3v) is 2.93. The third kappa shape index (κ3) is 2.33. The lowest BCUT2D eigenvalue weighted by Crippen LogP contribution is -2.36. The van der Waals surface area contributed by atoms with Gasteiger partial charge < -0.3 is 9.64 Å². The SMILES string of the molecule is CC(=O)c1cccc(N2CCOCC2)c1[N+](=O)[O-]. The average Bonchev–Trinajstić information content (AvgIpc) is 2.38. The van der Waals surface area contributed by atoms with E-state index in [9.17, 15) is 14.9 Å². The molecule has 2 rings (SSSR count). The molecule has 1 aromatic rings. The fourth-order valence-corrected chi connectivity index (χ4v) is 2.07. The van der Waals surface area contributed by atoms with Crippen molar-refractivity contribution in [3.05, 3.63) is 33.9 Å². The van der Waals surface area contributed by atoms with Crippen LogP contribution < -0.4 is 4.90 Å². The van der Waals surface area contributed by atoms with Gasteiger partial charge in [-0.05, 0) is 19.1 Å². The summed E-state index contributed by atoms with van der Waals surface area (Å²) in [4.78, 5) is 24.0. The highest BCUT2D eigenvalue weighted by Gasteiger charge is 2.26. The predicted molar refractivity (Wildman–Crippen MR) is 66.1 cm³/mol. The van der Waals surface area contributed by atoms with Crippen molar-refractivity contribution in [2.75, 3.05) is 31.2 Å². The van der Waals surface area contributed by atoms with Crippen LogP contribution >= 0.6 is 0 Å². The molecule has 0 unspecified atom stereocenters. The van der Waals surface area contributed by atoms with Crippen molar-refractivity contribution in [3.8, 4) is 0 Å². The first-order valence-corrected chi connectivity index (χ1v) is 5.72. The Morgan fingerprint density at radius 2 is 2.06 bits per heavy atom. The summed E-state index contributed by atoms with van der Waals surface area (Å²) >= 11 is 0. The van der Waals surface area contributed by atoms with E-state index in [1.807, 2.05) is 4.90 Å². The molecule has 0 amide bonds. The lowest BCUT2D eigenvalue weighted by molar-refractivity contribution is -0.384. The van der Waals surface area contributed by atoms with E-state index in [-0.39, 0.29) is 17.0 Å². The number of morpholine rings is 1. The van der Waals surface area contributed by atoms with E-state index in [4.69, 9.17) is 4.74 Å². The highest BCUT2D eigenvalue weighted by Crippen LogP contribution is 2.32. The van der Waals surface area contributed by atoms with Crippen molar-refractivity contribution >= 4 is 17.2 Å². The normalized spacial score (nSPS) is 15.5. The zero-order valence-corrected chi connectivity index (χ0v) is 10.1. The molecule has 0 bridgehead atoms. The van der Waals surface area contributed by atoms with Gasteiger partial charge in [-0.15, -0.1) is 0 Å². The quantitative estimate of drug-likeness (QED) is 0.463. The number of nitro benzene ring substituents is 1. The van der Waals surface area contributed by atoms with Gasteiger partial charge in [-0.2, -0.15) is 0 Å². The zero-order valence-electron chi connectivity index (χ0n) is 10.1. The number of ether oxygens (including phenoxy) is 1. The molecule has 18 heavy (non-hydrogen) atoms. The number of nitro groups is 1. The van der Waals surface area contributed by atoms with Gasteiger partial charge >= 0.3 is 5.69 Å². The van der Waals surface area contributed by atoms with Crippen LogP contribution in [0.1, 0.15) is 17.3 Å². The highest BCUT2D eigenvalue weighted by molar-refractivity contribution is 6.00. The molecule has 0 aromatic heterocycles. The van der Waals surface area contributed by atoms with Crippen LogP contribution in [0.25, 0.3) is 0 Å². The van der Waals surface area contributed by atoms with Gasteiger partial charge in [-0.25, -0.2) is 0 Å². The molecule has 6 heteroatoms. The van der Waals surface area contributed by atoms with Crippen molar-refractivity contribution in [2.24, 2.45) is 0 Å². The Balaban J connectivity index is 2.48. The molecular formula is C12H14N2O4. The average molecular weight is 250 g/mol. The first-order chi connectivity index (χ1) is 8.61. The fraction of sp³-hybridized carbons (Fsp3) is 0.417. The van der Waals surface area contributed by atoms with Crippen LogP contribution in [0.5, 0.6) is 0 Å². The smallest absolute Gasteiger partial charge is 0.303 e. The molecule has 1 saturated heterocycles. The summed E-state index contributed by atoms with van der Waals surface area (Å²) in [5.41, 5.74) is 0.548. The van der Waals surface area contributed by atoms with E-state index in [1.165, 1.54) is 13.0 Å². The number of rotatable bonds is 3. The minimum absolute atomic E-state index is 0.105. The summed E-state index contributed by atoms with van der Waals surface area (Å²) in [5, 5.41) is 11.2. The van der Waals surface area contributed by atoms with E-state index >= 15 is 0 Å². The van der Waals surface area contributed by atoms with Crippen LogP contribution in [0, 0.1) is 10.1 Å². The summed E-state index contributed by atoms with van der Waals surface area (Å²) in [5.74, 6) is -0.295. The van der Waals surface area contributed by atoms with Crippen molar-refractivity contribution in [1.29, 1.82) is 0 Å². The Bertz CT molecular complexity index is 481. The minimum atomic E-state index is -0.485. The monoisotopic (exact) mass is 250 g/mol. The molecule has 0 spiro atoms. The van der Waals surface area contributed by atoms with Crippen LogP contribution in [-0.4, -0.2) is 37.0 Å². The second kappa shape index (κ2) is 5.14. The van der Waals surface area contributed by atoms with E-state index in [0.29, 0.717) is 32.0 Å². The number of hydrogen-bond donors (Lipinski definition) is 0. The number of hydrogen-bond acceptors (Lipinski definition) is 5. The van der Waals surface area contributed by atoms with Crippen molar-refractivity contribution in [3.63, 3.8) is 0 Å². The summed E-state index contributed by atoms with van der Waals surface area (Å²) in [6.07, 6.45) is 0. The molecule has 1 fully saturated rings. The molecule has 0 N–H and O–H groups in total. The van der Waals surface area contributed by atoms with Gasteiger partial charge in [0.05, 0.1) is 23.7 Å². The van der Waals surface area contributed by atoms with E-state index in [0.717, 1.165) is 0 Å². The Kier molecular flexibility index (Phi) is 3.57. The Hall–Kier alpha value is -1.95. The van der Waals surface area contributed by atoms with Gasteiger partial charge in [-0.1, -0.05) is 6.07 Å². The number of anilines is 1. The summed E-state index contributed by atoms with van der Waals surface area (Å²) < 4.78 is 5.22. The lowest BCUT2D eigenvalue weighted by Gasteiger charge is -2.28. The molecule has 0 atom stereocenters. The number of para-hydroxylation sites is 1. The molecule has 1 heterocycles. The van der Waals surface area contributed by atoms with Crippen LogP contribution in [-0.2, 0) is 4.74 Å². The summed E-state index contributed by atoms with van der Waals surface area (Å²) in [6.45, 7) is 3.62. The molecule has 96 valence electrons. The Morgan fingerprint density at radius 1 is 1.39 bits per heavy atom. The van der Waals surface area contributed by atoms with Gasteiger partial charge in [0.15, 0.2) is 5.78 Å². The fourth-order valence-electron chi connectivity index (χ4n) is 2.07. The third-order valence-electron chi connectivity index (χ3n) is 2.93. The maximum atomic E-state index is 11.5. The molecule has 6 nitrogen and oxygen atoms in total. The van der Waals surface area contributed by atoms with Gasteiger partial charge in [0.25, 0.3) is 0 Å². The number of benzene rings is 1. The zero-order chi connectivity index (χ0) is 13.1. The second-order valence-electron chi connectivity index (χ2n) is 4.09. The second-order valence-corrected chi connectivity index (χ2v) is 4.09. The number of ketones is 1. The van der Waals surface area contributed by atoms with Crippen LogP contribution in [0.15, 0.2) is 18.2 Å². The number of carbonyl (C=O) groups excluding carboxylic acids is 1. The molecule has 1 aliphatic rings. The largest absolute Gasteiger partial charge is 0.378 e. The topological polar surface area (TPSA) is 72.7 Å². The first kappa shape index (κ1) is 12.5. The van der Waals surface area contributed by atoms with Crippen molar-refractivity contribution in [1.82, 2.24) is 0 Å². The highest BCUT2D eigenvalue weighted by atomic mass is 16.6. The molecule has 0 radical (unpaired) electrons. The standard InChI is InChI=1S/C12H14N2O4/c1-9(15)10-3-2-4-11(12(10)14(16)17)13-5-7-18-8-6-13/h2-4H,5-8H2,1H3. The lowest BCUT2D eigenvalue weighted by atomic mass is 10.1. The predicted octanol–water partition coefficient (Wildman–Crippen LogP) is 1.63. The van der Waals surface area contributed by atoms with Crippen LogP contribution in [0.3, 0.4) is 0 Å². The number of carbonyl (C=O) groups is 1. The molecular weight excluding hydrogens is 236 g/mol. The Labute approximate surface area is 104 Å². The van der Waals surface area contributed by atoms with Crippen LogP contribution in [0.2, 0.25) is 0 Å². The number of nitrogens with zero attached hydrogens (tertiary/aromatic N) is 2. The van der Waals surface area contributed by atoms with Crippen molar-refractivity contribution < 1.29 is 14.5 Å². The van der Waals surface area contributed by atoms with E-state index in [1.54, 1.807) is 12.1 Å². The molecule has 0 saturated carbocycles. The summed E-state index contributed by atoms with van der Waals surface area (Å²) in [7, 11) is 0. The maximum absolute atomic E-state index is 11.5. The van der Waals surface area contributed by atoms with Gasteiger partial charge in [0.2, 0.25) is 0 Å². The van der Waals surface area contributed by atoms with Crippen LogP contribution in [0.4, 0.5) is 11.4 Å². The van der Waals surface area contributed by atoms with Gasteiger partial charge in [-0.3, -0.25) is 14.9 Å². The van der Waals surface area contributed by atoms with Gasteiger partial charge in [0.1, 0.15) is 5.69 Å². The molecule has 0 aliphatic carbocycles. The van der Waals surface area contributed by atoms with Gasteiger partial charge in [0, 0.05) is 13.1 Å². The molecule has 1 aliphatic heterocycles. The number of Topliss-reactive ketones (excluding diaryl/α,β-unsaturated/α-hetero) is 1. The minimum Gasteiger partial charge on any atom is -0.378 e. The first-order valence-electron chi connectivity index (χ1n) is 5.72. The van der Waals surface area contributed by atoms with Crippen molar-refractivity contribution in [2.45, 2.75) is 6.92 Å².